The van der Waals surface area contributed by atoms with Crippen molar-refractivity contribution >= 4 is 10.9 Å². The molecule has 2 atom stereocenters. The van der Waals surface area contributed by atoms with Crippen molar-refractivity contribution in [2.75, 3.05) is 13.1 Å². The number of hydrogen-bond acceptors (Lipinski definition) is 6. The van der Waals surface area contributed by atoms with Crippen LogP contribution in [0.1, 0.15) is 55.4 Å². The summed E-state index contributed by atoms with van der Waals surface area (Å²) in [4.78, 5) is 12.2. The van der Waals surface area contributed by atoms with Gasteiger partial charge in [-0.3, -0.25) is 9.88 Å². The number of likely N-dealkylation sites (tertiary alicyclic amines) is 1. The van der Waals surface area contributed by atoms with Crippen molar-refractivity contribution < 1.29 is 14.6 Å². The van der Waals surface area contributed by atoms with Gasteiger partial charge in [0, 0.05) is 54.3 Å². The Balaban J connectivity index is 0.00000200. The van der Waals surface area contributed by atoms with Crippen LogP contribution in [-0.2, 0) is 25.4 Å². The van der Waals surface area contributed by atoms with Crippen molar-refractivity contribution in [3.05, 3.63) is 156 Å². The first kappa shape index (κ1) is 34.4. The summed E-state index contributed by atoms with van der Waals surface area (Å²) in [7, 11) is 0. The largest absolute Gasteiger partial charge is 0.473 e. The maximum Gasteiger partial charge on any atom is 0.225 e. The number of hydrogen-bond donors (Lipinski definition) is 1. The number of benzene rings is 4. The van der Waals surface area contributed by atoms with Crippen LogP contribution >= 0.6 is 0 Å². The zero-order chi connectivity index (χ0) is 35.0. The van der Waals surface area contributed by atoms with E-state index in [0.29, 0.717) is 37.3 Å². The summed E-state index contributed by atoms with van der Waals surface area (Å²) in [6, 6.07) is 43.2. The normalized spacial score (nSPS) is 18.8. The van der Waals surface area contributed by atoms with Gasteiger partial charge in [0.15, 0.2) is 0 Å². The molecule has 1 saturated heterocycles. The molecule has 0 radical (unpaired) electrons. The molecule has 2 aromatic heterocycles. The monoisotopic (exact) mass is 677 g/mol. The third-order valence-electron chi connectivity index (χ3n) is 10.1. The molecule has 6 nitrogen and oxygen atoms in total. The lowest BCUT2D eigenvalue weighted by Crippen LogP contribution is -2.50. The zero-order valence-corrected chi connectivity index (χ0v) is 29.6. The minimum atomic E-state index is -0.873. The van der Waals surface area contributed by atoms with E-state index in [1.165, 1.54) is 18.4 Å². The van der Waals surface area contributed by atoms with E-state index in [9.17, 15) is 5.11 Å². The minimum Gasteiger partial charge on any atom is -0.473 e. The highest BCUT2D eigenvalue weighted by Gasteiger charge is 2.49. The van der Waals surface area contributed by atoms with Gasteiger partial charge < -0.3 is 14.6 Å². The van der Waals surface area contributed by atoms with Gasteiger partial charge in [0.05, 0.1) is 11.1 Å². The van der Waals surface area contributed by atoms with Crippen LogP contribution in [0.25, 0.3) is 22.0 Å². The number of aliphatic hydroxyl groups is 1. The van der Waals surface area contributed by atoms with Crippen LogP contribution in [0, 0.1) is 11.8 Å². The highest BCUT2D eigenvalue weighted by molar-refractivity contribution is 5.85. The molecule has 0 spiro atoms. The first-order chi connectivity index (χ1) is 25.1. The van der Waals surface area contributed by atoms with Crippen LogP contribution in [0.5, 0.6) is 11.8 Å². The molecule has 2 aliphatic rings. The number of nitrogens with zero attached hydrogens (tertiary/aromatic N) is 3. The third-order valence-corrected chi connectivity index (χ3v) is 10.1. The second-order valence-electron chi connectivity index (χ2n) is 13.5. The lowest BCUT2D eigenvalue weighted by Gasteiger charge is -2.45. The van der Waals surface area contributed by atoms with Gasteiger partial charge in [0.25, 0.3) is 0 Å². The average molecular weight is 678 g/mol. The molecule has 3 heterocycles. The van der Waals surface area contributed by atoms with E-state index < -0.39 is 5.60 Å². The summed E-state index contributed by atoms with van der Waals surface area (Å²) in [5, 5.41) is 13.4. The molecule has 6 heteroatoms. The number of ether oxygens (including phenoxy) is 2. The molecule has 4 aromatic carbocycles. The van der Waals surface area contributed by atoms with Gasteiger partial charge >= 0.3 is 0 Å². The smallest absolute Gasteiger partial charge is 0.225 e. The van der Waals surface area contributed by atoms with Crippen molar-refractivity contribution in [3.8, 4) is 22.9 Å². The average Bonchev–Trinajstić information content (AvgIpc) is 4.04. The Bertz CT molecular complexity index is 2020. The summed E-state index contributed by atoms with van der Waals surface area (Å²) >= 11 is 0. The summed E-state index contributed by atoms with van der Waals surface area (Å²) < 4.78 is 12.4. The first-order valence-corrected chi connectivity index (χ1v) is 18.3. The van der Waals surface area contributed by atoms with E-state index in [1.54, 1.807) is 0 Å². The molecular formula is C45H47N3O3. The van der Waals surface area contributed by atoms with Crippen LogP contribution in [0.2, 0.25) is 0 Å². The Morgan fingerprint density at radius 1 is 0.745 bits per heavy atom. The van der Waals surface area contributed by atoms with E-state index in [1.807, 2.05) is 92.8 Å². The van der Waals surface area contributed by atoms with Crippen LogP contribution in [-0.4, -0.2) is 33.1 Å². The Morgan fingerprint density at radius 3 is 2.06 bits per heavy atom. The Kier molecular flexibility index (Phi) is 10.7. The second kappa shape index (κ2) is 15.9. The number of rotatable bonds is 11. The van der Waals surface area contributed by atoms with E-state index in [2.05, 4.69) is 59.5 Å². The van der Waals surface area contributed by atoms with E-state index in [4.69, 9.17) is 19.4 Å². The van der Waals surface area contributed by atoms with Gasteiger partial charge in [-0.2, -0.15) is 4.98 Å². The van der Waals surface area contributed by atoms with E-state index >= 15 is 0 Å². The highest BCUT2D eigenvalue weighted by Crippen LogP contribution is 2.50. The van der Waals surface area contributed by atoms with Crippen molar-refractivity contribution in [1.82, 2.24) is 14.9 Å². The van der Waals surface area contributed by atoms with Gasteiger partial charge in [0.2, 0.25) is 11.8 Å². The Morgan fingerprint density at radius 2 is 1.39 bits per heavy atom. The number of aromatic nitrogens is 2. The van der Waals surface area contributed by atoms with Gasteiger partial charge in [0.1, 0.15) is 13.2 Å². The molecule has 1 saturated carbocycles. The summed E-state index contributed by atoms with van der Waals surface area (Å²) in [6.45, 7) is 7.48. The molecular weight excluding hydrogens is 631 g/mol. The summed E-state index contributed by atoms with van der Waals surface area (Å²) in [5.74, 6) is 1.74. The lowest BCUT2D eigenvalue weighted by atomic mass is 9.73. The predicted molar refractivity (Wildman–Crippen MR) is 204 cm³/mol. The van der Waals surface area contributed by atoms with E-state index in [-0.39, 0.29) is 5.92 Å². The fourth-order valence-corrected chi connectivity index (χ4v) is 7.25. The minimum absolute atomic E-state index is 0.198. The van der Waals surface area contributed by atoms with Crippen LogP contribution in [0.4, 0.5) is 0 Å². The molecule has 1 N–H and O–H groups in total. The van der Waals surface area contributed by atoms with Crippen LogP contribution in [0.3, 0.4) is 0 Å². The SMILES string of the molecule is CC.OC1(c2ccc3ncc(-c4ccc(OCc5ccccc5)nc4OCc4ccccc4)cc3c2)CCN(Cc2ccccc2)CC1C1CC1. The number of piperidine rings is 1. The molecule has 1 aliphatic heterocycles. The summed E-state index contributed by atoms with van der Waals surface area (Å²) in [6.07, 6.45) is 4.97. The van der Waals surface area contributed by atoms with Crippen molar-refractivity contribution in [1.29, 1.82) is 0 Å². The van der Waals surface area contributed by atoms with Gasteiger partial charge in [-0.15, -0.1) is 0 Å². The van der Waals surface area contributed by atoms with E-state index in [0.717, 1.165) is 58.4 Å². The van der Waals surface area contributed by atoms with Crippen LogP contribution in [0.15, 0.2) is 134 Å². The highest BCUT2D eigenvalue weighted by atomic mass is 16.5. The molecule has 0 bridgehead atoms. The molecule has 6 aromatic rings. The molecule has 2 unspecified atom stereocenters. The van der Waals surface area contributed by atoms with Gasteiger partial charge in [-0.05, 0) is 71.7 Å². The molecule has 8 rings (SSSR count). The lowest BCUT2D eigenvalue weighted by molar-refractivity contribution is -0.0880. The first-order valence-electron chi connectivity index (χ1n) is 18.3. The fourth-order valence-electron chi connectivity index (χ4n) is 7.25. The molecule has 1 aliphatic carbocycles. The second-order valence-corrected chi connectivity index (χ2v) is 13.5. The van der Waals surface area contributed by atoms with Gasteiger partial charge in [-0.25, -0.2) is 0 Å². The maximum atomic E-state index is 12.4. The van der Waals surface area contributed by atoms with Crippen molar-refractivity contribution in [2.45, 2.75) is 58.5 Å². The topological polar surface area (TPSA) is 67.7 Å². The quantitative estimate of drug-likeness (QED) is 0.147. The number of pyridine rings is 2. The van der Waals surface area contributed by atoms with Crippen LogP contribution < -0.4 is 9.47 Å². The standard InChI is InChI=1S/C43H41N3O3.C2H6/c47-43(22-23-46(28-39(43)34-16-17-34)27-31-10-4-1-5-11-31)37-18-20-40-35(25-37)24-36(26-44-40)38-19-21-41(48-29-32-12-6-2-7-13-32)45-42(38)49-30-33-14-8-3-9-15-33;1-2/h1-15,18-21,24-26,34,39,47H,16-17,22-23,27-30H2;1-2H3. The fraction of sp³-hybridized carbons (Fsp3) is 0.289. The Hall–Kier alpha value is -5.04. The predicted octanol–water partition coefficient (Wildman–Crippen LogP) is 9.60. The molecule has 0 amide bonds. The molecule has 2 fully saturated rings. The maximum absolute atomic E-state index is 12.4. The molecule has 260 valence electrons. The van der Waals surface area contributed by atoms with Crippen molar-refractivity contribution in [3.63, 3.8) is 0 Å². The number of fused-ring (bicyclic) bond motifs is 1. The van der Waals surface area contributed by atoms with Crippen molar-refractivity contribution in [2.24, 2.45) is 11.8 Å². The zero-order valence-electron chi connectivity index (χ0n) is 29.6. The molecule has 51 heavy (non-hydrogen) atoms. The summed E-state index contributed by atoms with van der Waals surface area (Å²) in [5.41, 5.74) is 6.19. The third kappa shape index (κ3) is 8.14. The van der Waals surface area contributed by atoms with Gasteiger partial charge in [-0.1, -0.05) is 111 Å². The Labute approximate surface area is 301 Å².